The average Bonchev–Trinajstić information content (AvgIpc) is 4.06. The maximum atomic E-state index is 14.6. The first kappa shape index (κ1) is 54.1. The molecule has 8 N–H and O–H groups in total. The molecule has 0 radical (unpaired) electrons. The van der Waals surface area contributed by atoms with Crippen molar-refractivity contribution >= 4 is 66.9 Å². The number of carboxylic acids is 2. The fourth-order valence-corrected chi connectivity index (χ4v) is 11.8. The quantitative estimate of drug-likeness (QED) is 0.0316. The van der Waals surface area contributed by atoms with Gasteiger partial charge in [0.05, 0.1) is 18.5 Å². The van der Waals surface area contributed by atoms with Gasteiger partial charge in [-0.1, -0.05) is 69.5 Å². The summed E-state index contributed by atoms with van der Waals surface area (Å²) in [6, 6.07) is 12.2. The Morgan fingerprint density at radius 1 is 0.826 bits per heavy atom. The summed E-state index contributed by atoms with van der Waals surface area (Å²) in [5.41, 5.74) is 0. The fraction of sp³-hybridized carbons (Fsp3) is 0.574. The molecule has 22 heteroatoms. The Morgan fingerprint density at radius 3 is 2.12 bits per heavy atom. The van der Waals surface area contributed by atoms with Crippen molar-refractivity contribution in [1.82, 2.24) is 36.8 Å². The van der Waals surface area contributed by atoms with Gasteiger partial charge in [-0.25, -0.2) is 9.36 Å². The number of hydrogen-bond donors (Lipinski definition) is 8. The van der Waals surface area contributed by atoms with Gasteiger partial charge >= 0.3 is 25.6 Å². The molecule has 0 aliphatic carbocycles. The van der Waals surface area contributed by atoms with E-state index >= 15 is 0 Å². The molecule has 378 valence electrons. The van der Waals surface area contributed by atoms with Crippen molar-refractivity contribution in [1.29, 1.82) is 0 Å². The molecule has 3 heterocycles. The van der Waals surface area contributed by atoms with Gasteiger partial charge in [0, 0.05) is 43.4 Å². The molecule has 0 spiro atoms. The summed E-state index contributed by atoms with van der Waals surface area (Å²) in [7, 11) is -4.58. The first-order chi connectivity index (χ1) is 33.1. The van der Waals surface area contributed by atoms with Crippen LogP contribution in [0.3, 0.4) is 0 Å². The van der Waals surface area contributed by atoms with E-state index in [0.717, 1.165) is 25.0 Å². The topological polar surface area (TPSA) is 288 Å². The van der Waals surface area contributed by atoms with Crippen molar-refractivity contribution in [2.75, 3.05) is 18.8 Å². The number of nitrogens with one attached hydrogen (secondary N) is 6. The highest BCUT2D eigenvalue weighted by atomic mass is 32.2. The Kier molecular flexibility index (Phi) is 21.0. The van der Waals surface area contributed by atoms with E-state index < -0.39 is 85.8 Å². The van der Waals surface area contributed by atoms with Gasteiger partial charge in [0.1, 0.15) is 29.6 Å². The number of benzene rings is 2. The molecule has 2 aromatic carbocycles. The number of likely N-dealkylation sites (tertiary alicyclic amines) is 1. The molecule has 69 heavy (non-hydrogen) atoms. The molecular weight excluding hydrogens is 934 g/mol. The van der Waals surface area contributed by atoms with Crippen LogP contribution in [0.1, 0.15) is 104 Å². The Labute approximate surface area is 406 Å². The summed E-state index contributed by atoms with van der Waals surface area (Å²) >= 11 is 1.85. The van der Waals surface area contributed by atoms with Gasteiger partial charge in [0.25, 0.3) is 0 Å². The summed E-state index contributed by atoms with van der Waals surface area (Å²) in [4.78, 5) is 105. The van der Waals surface area contributed by atoms with Gasteiger partial charge < -0.3 is 56.1 Å². The van der Waals surface area contributed by atoms with Crippen LogP contribution >= 0.6 is 19.4 Å². The number of nitrogens with zero attached hydrogens (tertiary/aromatic N) is 1. The zero-order valence-electron chi connectivity index (χ0n) is 39.1. The highest BCUT2D eigenvalue weighted by Gasteiger charge is 2.46. The molecule has 8 atom stereocenters. The van der Waals surface area contributed by atoms with E-state index in [1.165, 1.54) is 29.2 Å². The monoisotopic (exact) mass is 999 g/mol. The Hall–Kier alpha value is -5.82. The number of carbonyl (C=O) groups excluding carboxylic acids is 6. The van der Waals surface area contributed by atoms with E-state index in [4.69, 9.17) is 9.05 Å². The lowest BCUT2D eigenvalue weighted by Gasteiger charge is -2.32. The molecule has 3 saturated heterocycles. The molecular formula is C47H66N7O13PS. The van der Waals surface area contributed by atoms with E-state index in [1.54, 1.807) is 43.3 Å². The minimum absolute atomic E-state index is 0.0371. The fourth-order valence-electron chi connectivity index (χ4n) is 8.49. The van der Waals surface area contributed by atoms with Crippen LogP contribution < -0.4 is 40.9 Å². The molecule has 2 aromatic rings. The number of urea groups is 1. The van der Waals surface area contributed by atoms with Gasteiger partial charge in [-0.3, -0.25) is 33.6 Å². The summed E-state index contributed by atoms with van der Waals surface area (Å²) in [5, 5.41) is 36.6. The lowest BCUT2D eigenvalue weighted by atomic mass is 9.97. The Bertz CT molecular complexity index is 2090. The van der Waals surface area contributed by atoms with Crippen molar-refractivity contribution in [3.8, 4) is 11.5 Å². The van der Waals surface area contributed by atoms with Crippen molar-refractivity contribution in [3.05, 3.63) is 60.7 Å². The van der Waals surface area contributed by atoms with Gasteiger partial charge in [0.15, 0.2) is 5.78 Å². The van der Waals surface area contributed by atoms with Crippen molar-refractivity contribution in [3.63, 3.8) is 0 Å². The Morgan fingerprint density at radius 2 is 1.48 bits per heavy atom. The summed E-state index contributed by atoms with van der Waals surface area (Å²) in [6.07, 6.45) is 4.01. The van der Waals surface area contributed by atoms with Crippen molar-refractivity contribution in [2.45, 2.75) is 145 Å². The lowest BCUT2D eigenvalue weighted by Crippen LogP contribution is -2.58. The predicted octanol–water partition coefficient (Wildman–Crippen LogP) is 4.53. The molecule has 3 aliphatic heterocycles. The van der Waals surface area contributed by atoms with Crippen LogP contribution in [0.5, 0.6) is 11.5 Å². The Balaban J connectivity index is 1.13. The van der Waals surface area contributed by atoms with E-state index in [1.807, 2.05) is 18.7 Å². The third-order valence-electron chi connectivity index (χ3n) is 12.4. The van der Waals surface area contributed by atoms with Gasteiger partial charge in [0.2, 0.25) is 29.5 Å². The van der Waals surface area contributed by atoms with Gasteiger partial charge in [-0.05, 0) is 75.1 Å². The number of para-hydroxylation sites is 2. The zero-order valence-corrected chi connectivity index (χ0v) is 40.8. The third-order valence-corrected chi connectivity index (χ3v) is 15.9. The summed E-state index contributed by atoms with van der Waals surface area (Å²) < 4.78 is 26.2. The van der Waals surface area contributed by atoms with Crippen LogP contribution in [-0.2, 0) is 38.1 Å². The number of thioether (sulfide) groups is 1. The van der Waals surface area contributed by atoms with Crippen molar-refractivity contribution < 1.29 is 62.2 Å². The second-order valence-electron chi connectivity index (χ2n) is 17.6. The third kappa shape index (κ3) is 16.7. The average molecular weight is 1000 g/mol. The molecule has 0 bridgehead atoms. The van der Waals surface area contributed by atoms with Crippen LogP contribution in [0.2, 0.25) is 0 Å². The maximum Gasteiger partial charge on any atom is 0.453 e. The van der Waals surface area contributed by atoms with Crippen molar-refractivity contribution in [2.24, 2.45) is 5.92 Å². The number of rotatable bonds is 29. The smallest absolute Gasteiger partial charge is 0.453 e. The van der Waals surface area contributed by atoms with Crippen LogP contribution in [0.4, 0.5) is 4.79 Å². The number of aliphatic carboxylic acids is 2. The van der Waals surface area contributed by atoms with E-state index in [9.17, 15) is 53.1 Å². The highest BCUT2D eigenvalue weighted by molar-refractivity contribution is 8.00. The second-order valence-corrected chi connectivity index (χ2v) is 21.0. The molecule has 5 rings (SSSR count). The maximum absolute atomic E-state index is 14.6. The van der Waals surface area contributed by atoms with Crippen LogP contribution in [0, 0.1) is 5.92 Å². The van der Waals surface area contributed by atoms with Crippen LogP contribution in [0.25, 0.3) is 0 Å². The number of unbranched alkanes of at least 4 members (excludes halogenated alkanes) is 3. The molecule has 3 aliphatic rings. The molecule has 0 saturated carbocycles. The molecule has 3 fully saturated rings. The number of carbonyl (C=O) groups is 8. The number of fused-ring (bicyclic) bond motifs is 1. The number of amides is 7. The molecule has 8 unspecified atom stereocenters. The molecule has 0 aromatic heterocycles. The van der Waals surface area contributed by atoms with E-state index in [0.29, 0.717) is 50.3 Å². The SMILES string of the molecule is CCC(C)C(NC(=O)CCCCCNC(=O)CCCCC1SCC2NC(=O)NC21)C(=O)NC(CCC(=O)O)C(=O)N1CCCC1C(=O)NC(CC(=O)O)P(=O)(Oc1ccccc1)Oc1ccccc1. The second kappa shape index (κ2) is 26.8. The highest BCUT2D eigenvalue weighted by Crippen LogP contribution is 2.53. The summed E-state index contributed by atoms with van der Waals surface area (Å²) in [6.45, 7) is 4.08. The van der Waals surface area contributed by atoms with Gasteiger partial charge in [-0.2, -0.15) is 11.8 Å². The summed E-state index contributed by atoms with van der Waals surface area (Å²) in [5.74, 6) is -6.51. The minimum Gasteiger partial charge on any atom is -0.481 e. The number of carboxylic acid groups (broad SMARTS) is 2. The van der Waals surface area contributed by atoms with E-state index in [2.05, 4.69) is 31.9 Å². The predicted molar refractivity (Wildman–Crippen MR) is 256 cm³/mol. The lowest BCUT2D eigenvalue weighted by molar-refractivity contribution is -0.143. The van der Waals surface area contributed by atoms with Crippen LogP contribution in [-0.4, -0.2) is 123 Å². The zero-order chi connectivity index (χ0) is 49.9. The van der Waals surface area contributed by atoms with E-state index in [-0.39, 0.29) is 61.3 Å². The molecule has 7 amide bonds. The molecule has 20 nitrogen and oxygen atoms in total. The van der Waals surface area contributed by atoms with Crippen LogP contribution in [0.15, 0.2) is 60.7 Å². The first-order valence-electron chi connectivity index (χ1n) is 23.7. The normalized spacial score (nSPS) is 20.2. The first-order valence-corrected chi connectivity index (χ1v) is 26.4. The minimum atomic E-state index is -4.58. The largest absolute Gasteiger partial charge is 0.481 e. The standard InChI is InChI=1S/C47H66N7O13PS/c1-3-30(2)42(51-38(56)23-11-6-14-26-48-37(55)22-13-12-21-36-43-34(29-69-36)50-47(64)53-43)45(62)49-33(24-25-40(57)58)46(63)54-27-15-20-35(54)44(61)52-39(28-41(59)60)68(65,66-31-16-7-4-8-17-31)67-32-18-9-5-10-19-32/h4-5,7-10,16-19,30,33-36,39,42-43H,3,6,11-15,20-29H2,1-2H3,(H,48,55)(H,49,62)(H,51,56)(H,52,61)(H,57,58)(H,59,60)(H2,50,53,64). The van der Waals surface area contributed by atoms with Gasteiger partial charge in [-0.15, -0.1) is 0 Å². The number of hydrogen-bond acceptors (Lipinski definition) is 12.